The van der Waals surface area contributed by atoms with Gasteiger partial charge in [-0.25, -0.2) is 13.4 Å². The predicted octanol–water partition coefficient (Wildman–Crippen LogP) is 3.52. The monoisotopic (exact) mass is 455 g/mol. The molecule has 0 amide bonds. The van der Waals surface area contributed by atoms with Gasteiger partial charge in [0.05, 0.1) is 36.0 Å². The molecular formula is C22H25N5O2S2. The molecule has 162 valence electrons. The van der Waals surface area contributed by atoms with Crippen LogP contribution in [0.15, 0.2) is 48.2 Å². The summed E-state index contributed by atoms with van der Waals surface area (Å²) in [5.74, 6) is 0.113. The van der Waals surface area contributed by atoms with Crippen LogP contribution >= 0.6 is 11.3 Å². The van der Waals surface area contributed by atoms with E-state index in [1.165, 1.54) is 0 Å². The number of aromatic nitrogens is 2. The molecular weight excluding hydrogens is 430 g/mol. The van der Waals surface area contributed by atoms with Gasteiger partial charge in [-0.2, -0.15) is 9.57 Å². The molecule has 1 unspecified atom stereocenters. The van der Waals surface area contributed by atoms with Crippen molar-refractivity contribution in [2.45, 2.75) is 38.9 Å². The second-order valence-electron chi connectivity index (χ2n) is 7.71. The molecule has 0 spiro atoms. The maximum atomic E-state index is 13.3. The number of thiophene rings is 1. The number of aromatic amines is 1. The molecule has 4 rings (SSSR count). The molecule has 31 heavy (non-hydrogen) atoms. The molecule has 3 heterocycles. The van der Waals surface area contributed by atoms with Crippen LogP contribution < -0.4 is 4.90 Å². The molecule has 9 heteroatoms. The van der Waals surface area contributed by atoms with E-state index >= 15 is 0 Å². The number of nitriles is 1. The van der Waals surface area contributed by atoms with Gasteiger partial charge < -0.3 is 9.88 Å². The highest BCUT2D eigenvalue weighted by Crippen LogP contribution is 2.32. The molecule has 1 N–H and O–H groups in total. The Bertz CT molecular complexity index is 1150. The molecule has 1 atom stereocenters. The van der Waals surface area contributed by atoms with Crippen LogP contribution in [0.4, 0.5) is 5.69 Å². The fourth-order valence-corrected chi connectivity index (χ4v) is 6.54. The minimum absolute atomic E-state index is 0.113. The summed E-state index contributed by atoms with van der Waals surface area (Å²) in [6.07, 6.45) is 4.65. The number of hydrogen-bond donors (Lipinski definition) is 1. The van der Waals surface area contributed by atoms with Gasteiger partial charge in [-0.1, -0.05) is 13.0 Å². The molecule has 1 aliphatic rings. The minimum Gasteiger partial charge on any atom is -0.364 e. The lowest BCUT2D eigenvalue weighted by Gasteiger charge is -2.31. The molecule has 0 bridgehead atoms. The van der Waals surface area contributed by atoms with Crippen LogP contribution in [0.2, 0.25) is 0 Å². The molecule has 0 radical (unpaired) electrons. The van der Waals surface area contributed by atoms with E-state index in [1.807, 2.05) is 30.5 Å². The third kappa shape index (κ3) is 4.82. The van der Waals surface area contributed by atoms with Crippen LogP contribution in [0.3, 0.4) is 0 Å². The Hall–Kier alpha value is -2.67. The maximum absolute atomic E-state index is 13.3. The normalized spacial score (nSPS) is 17.2. The van der Waals surface area contributed by atoms with Crippen LogP contribution in [0, 0.1) is 11.3 Å². The second kappa shape index (κ2) is 9.22. The molecule has 0 aliphatic carbocycles. The Morgan fingerprint density at radius 2 is 2.23 bits per heavy atom. The van der Waals surface area contributed by atoms with Crippen molar-refractivity contribution in [3.63, 3.8) is 0 Å². The standard InChI is InChI=1S/C22H25N5O2S2/c1-2-8-31(28,29)27-13-18-9-17(11-23)5-6-22(18)26(14-19-12-24-16-25-19)15-20(27)10-21-4-3-7-30-21/h3-7,9,12,16,20H,2,8,10,13-15H2,1H3,(H,24,25). The summed E-state index contributed by atoms with van der Waals surface area (Å²) >= 11 is 1.65. The number of nitrogens with zero attached hydrogens (tertiary/aromatic N) is 4. The van der Waals surface area contributed by atoms with Crippen molar-refractivity contribution >= 4 is 27.0 Å². The van der Waals surface area contributed by atoms with Crippen molar-refractivity contribution in [3.05, 3.63) is 69.9 Å². The zero-order valence-corrected chi connectivity index (χ0v) is 19.0. The van der Waals surface area contributed by atoms with E-state index in [2.05, 4.69) is 27.0 Å². The number of imidazole rings is 1. The minimum atomic E-state index is -3.45. The first-order valence-corrected chi connectivity index (χ1v) is 12.8. The largest absolute Gasteiger partial charge is 0.364 e. The van der Waals surface area contributed by atoms with E-state index in [0.29, 0.717) is 31.5 Å². The van der Waals surface area contributed by atoms with Crippen molar-refractivity contribution in [1.29, 1.82) is 5.26 Å². The fourth-order valence-electron chi connectivity index (χ4n) is 4.09. The van der Waals surface area contributed by atoms with E-state index in [4.69, 9.17) is 0 Å². The topological polar surface area (TPSA) is 93.1 Å². The zero-order valence-electron chi connectivity index (χ0n) is 17.4. The second-order valence-corrected chi connectivity index (χ2v) is 10.8. The molecule has 2 aromatic heterocycles. The van der Waals surface area contributed by atoms with Crippen LogP contribution in [-0.4, -0.2) is 41.0 Å². The van der Waals surface area contributed by atoms with Crippen LogP contribution in [-0.2, 0) is 29.5 Å². The quantitative estimate of drug-likeness (QED) is 0.588. The molecule has 0 saturated carbocycles. The van der Waals surface area contributed by atoms with E-state index < -0.39 is 10.0 Å². The molecule has 1 aliphatic heterocycles. The summed E-state index contributed by atoms with van der Waals surface area (Å²) in [6.45, 7) is 3.29. The van der Waals surface area contributed by atoms with E-state index in [-0.39, 0.29) is 18.3 Å². The highest BCUT2D eigenvalue weighted by Gasteiger charge is 2.35. The molecule has 1 aromatic carbocycles. The highest BCUT2D eigenvalue weighted by molar-refractivity contribution is 7.89. The van der Waals surface area contributed by atoms with Gasteiger partial charge in [-0.05, 0) is 41.6 Å². The van der Waals surface area contributed by atoms with Gasteiger partial charge in [0.2, 0.25) is 10.0 Å². The van der Waals surface area contributed by atoms with Gasteiger partial charge in [-0.15, -0.1) is 11.3 Å². The maximum Gasteiger partial charge on any atom is 0.214 e. The van der Waals surface area contributed by atoms with Gasteiger partial charge in [0, 0.05) is 42.3 Å². The van der Waals surface area contributed by atoms with Crippen molar-refractivity contribution in [2.75, 3.05) is 17.2 Å². The Morgan fingerprint density at radius 3 is 2.90 bits per heavy atom. The molecule has 0 saturated heterocycles. The van der Waals surface area contributed by atoms with E-state index in [9.17, 15) is 13.7 Å². The number of nitrogens with one attached hydrogen (secondary N) is 1. The first kappa shape index (κ1) is 21.6. The number of H-pyrrole nitrogens is 1. The highest BCUT2D eigenvalue weighted by atomic mass is 32.2. The van der Waals surface area contributed by atoms with Gasteiger partial charge in [0.15, 0.2) is 0 Å². The first-order valence-electron chi connectivity index (χ1n) is 10.3. The average molecular weight is 456 g/mol. The number of rotatable bonds is 7. The summed E-state index contributed by atoms with van der Waals surface area (Å²) in [5.41, 5.74) is 3.30. The lowest BCUT2D eigenvalue weighted by atomic mass is 10.1. The van der Waals surface area contributed by atoms with Gasteiger partial charge in [0.1, 0.15) is 0 Å². The SMILES string of the molecule is CCCS(=O)(=O)N1Cc2cc(C#N)ccc2N(Cc2cnc[nH]2)CC1Cc1cccs1. The third-order valence-electron chi connectivity index (χ3n) is 5.47. The first-order chi connectivity index (χ1) is 15.0. The number of fused-ring (bicyclic) bond motifs is 1. The van der Waals surface area contributed by atoms with Crippen molar-refractivity contribution in [2.24, 2.45) is 0 Å². The van der Waals surface area contributed by atoms with Crippen molar-refractivity contribution in [1.82, 2.24) is 14.3 Å². The molecule has 3 aromatic rings. The molecule has 0 fully saturated rings. The van der Waals surface area contributed by atoms with Gasteiger partial charge >= 0.3 is 0 Å². The fraction of sp³-hybridized carbons (Fsp3) is 0.364. The summed E-state index contributed by atoms with van der Waals surface area (Å²) in [6, 6.07) is 11.6. The van der Waals surface area contributed by atoms with Crippen LogP contribution in [0.1, 0.15) is 35.0 Å². The van der Waals surface area contributed by atoms with Gasteiger partial charge in [-0.3, -0.25) is 0 Å². The number of benzene rings is 1. The number of anilines is 1. The average Bonchev–Trinajstić information content (AvgIpc) is 3.42. The summed E-state index contributed by atoms with van der Waals surface area (Å²) in [5, 5.41) is 11.4. The zero-order chi connectivity index (χ0) is 21.8. The number of hydrogen-bond acceptors (Lipinski definition) is 6. The number of sulfonamides is 1. The summed E-state index contributed by atoms with van der Waals surface area (Å²) < 4.78 is 28.2. The summed E-state index contributed by atoms with van der Waals surface area (Å²) in [7, 11) is -3.45. The van der Waals surface area contributed by atoms with Crippen LogP contribution in [0.5, 0.6) is 0 Å². The Balaban J connectivity index is 1.78. The predicted molar refractivity (Wildman–Crippen MR) is 122 cm³/mol. The lowest BCUT2D eigenvalue weighted by molar-refractivity contribution is 0.319. The van der Waals surface area contributed by atoms with E-state index in [0.717, 1.165) is 21.8 Å². The molecule has 7 nitrogen and oxygen atoms in total. The van der Waals surface area contributed by atoms with Crippen LogP contribution in [0.25, 0.3) is 0 Å². The summed E-state index contributed by atoms with van der Waals surface area (Å²) in [4.78, 5) is 10.6. The Kier molecular flexibility index (Phi) is 6.41. The Morgan fingerprint density at radius 1 is 1.35 bits per heavy atom. The van der Waals surface area contributed by atoms with Crippen molar-refractivity contribution in [3.8, 4) is 6.07 Å². The lowest BCUT2D eigenvalue weighted by Crippen LogP contribution is -2.46. The van der Waals surface area contributed by atoms with Gasteiger partial charge in [0.25, 0.3) is 0 Å². The van der Waals surface area contributed by atoms with Crippen molar-refractivity contribution < 1.29 is 8.42 Å². The Labute approximate surface area is 187 Å². The smallest absolute Gasteiger partial charge is 0.214 e. The third-order valence-corrected chi connectivity index (χ3v) is 8.43. The van der Waals surface area contributed by atoms with E-state index in [1.54, 1.807) is 34.2 Å².